The van der Waals surface area contributed by atoms with Crippen LogP contribution in [0.5, 0.6) is 0 Å². The predicted octanol–water partition coefficient (Wildman–Crippen LogP) is 0.299. The third-order valence-corrected chi connectivity index (χ3v) is 3.06. The largest absolute Gasteiger partial charge is 0.328 e. The maximum absolute atomic E-state index is 11.3. The van der Waals surface area contributed by atoms with E-state index in [1.165, 1.54) is 5.01 Å². The summed E-state index contributed by atoms with van der Waals surface area (Å²) in [4.78, 5) is 22.2. The van der Waals surface area contributed by atoms with Crippen molar-refractivity contribution in [1.82, 2.24) is 10.6 Å². The lowest BCUT2D eigenvalue weighted by molar-refractivity contribution is -0.115. The van der Waals surface area contributed by atoms with Gasteiger partial charge in [-0.15, -0.1) is 0 Å². The summed E-state index contributed by atoms with van der Waals surface area (Å²) in [5, 5.41) is 9.65. The lowest BCUT2D eigenvalue weighted by Crippen LogP contribution is -2.40. The first-order valence-electron chi connectivity index (χ1n) is 5.80. The van der Waals surface area contributed by atoms with Crippen LogP contribution in [0.3, 0.4) is 0 Å². The van der Waals surface area contributed by atoms with E-state index < -0.39 is 11.9 Å². The van der Waals surface area contributed by atoms with Gasteiger partial charge in [-0.05, 0) is 18.2 Å². The number of amidine groups is 1. The van der Waals surface area contributed by atoms with Gasteiger partial charge in [-0.1, -0.05) is 36.5 Å². The van der Waals surface area contributed by atoms with Crippen molar-refractivity contribution in [2.75, 3.05) is 10.9 Å². The van der Waals surface area contributed by atoms with E-state index in [0.29, 0.717) is 10.9 Å². The van der Waals surface area contributed by atoms with E-state index in [-0.39, 0.29) is 5.88 Å². The number of carbonyl (C=O) groups excluding carboxylic acids is 2. The lowest BCUT2D eigenvalue weighted by Gasteiger charge is -2.19. The maximum Gasteiger partial charge on any atom is 0.322 e. The highest BCUT2D eigenvalue weighted by Gasteiger charge is 2.11. The van der Waals surface area contributed by atoms with E-state index in [2.05, 4.69) is 17.0 Å². The van der Waals surface area contributed by atoms with Gasteiger partial charge in [-0.3, -0.25) is 15.1 Å². The van der Waals surface area contributed by atoms with E-state index in [4.69, 9.17) is 11.7 Å². The smallest absolute Gasteiger partial charge is 0.322 e. The number of urea groups is 1. The Morgan fingerprint density at radius 1 is 1.38 bits per heavy atom. The van der Waals surface area contributed by atoms with Crippen molar-refractivity contribution in [1.29, 1.82) is 0 Å². The summed E-state index contributed by atoms with van der Waals surface area (Å²) in [6, 6.07) is 8.42. The number of hydrogen-bond acceptors (Lipinski definition) is 6. The molecule has 1 aromatic rings. The van der Waals surface area contributed by atoms with Crippen LogP contribution in [-0.4, -0.2) is 23.0 Å². The molecule has 0 saturated heterocycles. The molecule has 0 heterocycles. The third kappa shape index (κ3) is 5.55. The normalized spacial score (nSPS) is 10.6. The van der Waals surface area contributed by atoms with E-state index >= 15 is 0 Å². The fraction of sp³-hybridized carbons (Fsp3) is 0.0833. The van der Waals surface area contributed by atoms with Crippen molar-refractivity contribution in [2.24, 2.45) is 16.8 Å². The number of nitrogens with zero attached hydrogens (tertiary/aromatic N) is 2. The number of benzene rings is 1. The van der Waals surface area contributed by atoms with Crippen LogP contribution in [0.25, 0.3) is 0 Å². The molecule has 0 unspecified atom stereocenters. The second-order valence-corrected chi connectivity index (χ2v) is 4.55. The number of amides is 3. The molecule has 0 saturated carbocycles. The van der Waals surface area contributed by atoms with Crippen molar-refractivity contribution in [3.63, 3.8) is 0 Å². The number of hydrazine groups is 1. The monoisotopic (exact) mass is 308 g/mol. The number of rotatable bonds is 4. The van der Waals surface area contributed by atoms with Crippen molar-refractivity contribution in [3.05, 3.63) is 43.0 Å². The highest BCUT2D eigenvalue weighted by molar-refractivity contribution is 8.14. The number of anilines is 1. The third-order valence-electron chi connectivity index (χ3n) is 2.21. The van der Waals surface area contributed by atoms with Crippen molar-refractivity contribution >= 4 is 34.6 Å². The minimum Gasteiger partial charge on any atom is -0.328 e. The number of thioether (sulfide) groups is 1. The molecule has 0 bridgehead atoms. The number of imide groups is 1. The van der Waals surface area contributed by atoms with Gasteiger partial charge in [0.05, 0.1) is 11.6 Å². The van der Waals surface area contributed by atoms with E-state index in [1.54, 1.807) is 12.1 Å². The number of nitrogens with one attached hydrogen (secondary N) is 2. The van der Waals surface area contributed by atoms with Crippen molar-refractivity contribution in [3.8, 4) is 0 Å². The topological polar surface area (TPSA) is 126 Å². The molecule has 0 aliphatic heterocycles. The molecule has 0 radical (unpaired) electrons. The average molecular weight is 308 g/mol. The Morgan fingerprint density at radius 3 is 2.62 bits per heavy atom. The second kappa shape index (κ2) is 8.61. The molecule has 0 fully saturated rings. The molecule has 0 aliphatic rings. The Hall–Kier alpha value is -2.52. The molecule has 21 heavy (non-hydrogen) atoms. The van der Waals surface area contributed by atoms with Gasteiger partial charge >= 0.3 is 6.03 Å². The molecule has 6 N–H and O–H groups in total. The Bertz CT molecular complexity index is 534. The molecule has 9 heteroatoms. The van der Waals surface area contributed by atoms with Crippen LogP contribution in [0.4, 0.5) is 10.5 Å². The molecule has 112 valence electrons. The Morgan fingerprint density at radius 2 is 2.05 bits per heavy atom. The van der Waals surface area contributed by atoms with E-state index in [0.717, 1.165) is 17.8 Å². The molecule has 3 amide bonds. The minimum atomic E-state index is -0.646. The summed E-state index contributed by atoms with van der Waals surface area (Å²) >= 11 is 1.10. The van der Waals surface area contributed by atoms with Crippen LogP contribution < -0.4 is 27.3 Å². The van der Waals surface area contributed by atoms with Gasteiger partial charge in [0.25, 0.3) is 5.91 Å². The highest BCUT2D eigenvalue weighted by atomic mass is 32.2. The van der Waals surface area contributed by atoms with Crippen LogP contribution in [-0.2, 0) is 4.79 Å². The minimum absolute atomic E-state index is 0.132. The lowest BCUT2D eigenvalue weighted by atomic mass is 10.3. The fourth-order valence-electron chi connectivity index (χ4n) is 1.24. The zero-order valence-electron chi connectivity index (χ0n) is 11.2. The first-order chi connectivity index (χ1) is 10.1. The zero-order chi connectivity index (χ0) is 15.7. The summed E-state index contributed by atoms with van der Waals surface area (Å²) in [7, 11) is 0. The second-order valence-electron chi connectivity index (χ2n) is 3.61. The number of hydrazone groups is 1. The number of hydrogen-bond donors (Lipinski definition) is 4. The molecule has 1 rings (SSSR count). The van der Waals surface area contributed by atoms with E-state index in [9.17, 15) is 9.59 Å². The molecule has 0 atom stereocenters. The molecule has 0 aromatic heterocycles. The molecular formula is C12H16N6O2S. The van der Waals surface area contributed by atoms with Crippen LogP contribution in [0.1, 0.15) is 0 Å². The molecule has 0 aliphatic carbocycles. The van der Waals surface area contributed by atoms with Gasteiger partial charge in [-0.25, -0.2) is 10.6 Å². The van der Waals surface area contributed by atoms with Gasteiger partial charge in [0.1, 0.15) is 0 Å². The van der Waals surface area contributed by atoms with Crippen LogP contribution in [0.2, 0.25) is 0 Å². The van der Waals surface area contributed by atoms with Gasteiger partial charge in [0, 0.05) is 0 Å². The fourth-order valence-corrected chi connectivity index (χ4v) is 1.89. The Balaban J connectivity index is 2.47. The quantitative estimate of drug-likeness (QED) is 0.158. The number of para-hydroxylation sites is 1. The highest BCUT2D eigenvalue weighted by Crippen LogP contribution is 2.14. The average Bonchev–Trinajstić information content (AvgIpc) is 2.51. The summed E-state index contributed by atoms with van der Waals surface area (Å²) in [5.41, 5.74) is 0.695. The predicted molar refractivity (Wildman–Crippen MR) is 84.1 cm³/mol. The van der Waals surface area contributed by atoms with Crippen molar-refractivity contribution < 1.29 is 9.59 Å². The first-order valence-corrected chi connectivity index (χ1v) is 6.79. The molecule has 1 aromatic carbocycles. The van der Waals surface area contributed by atoms with Gasteiger partial charge < -0.3 is 11.2 Å². The Labute approximate surface area is 126 Å². The Kier molecular flexibility index (Phi) is 6.78. The van der Waals surface area contributed by atoms with Gasteiger partial charge in [-0.2, -0.15) is 5.10 Å². The molecule has 0 spiro atoms. The molecular weight excluding hydrogens is 292 g/mol. The van der Waals surface area contributed by atoms with Gasteiger partial charge in [0.2, 0.25) is 5.17 Å². The van der Waals surface area contributed by atoms with Crippen molar-refractivity contribution in [2.45, 2.75) is 0 Å². The SMILES string of the molecule is C=CC(=O)NC(=O)NCS/C(=N/N)N(N)c1ccccc1. The summed E-state index contributed by atoms with van der Waals surface area (Å²) in [6.45, 7) is 3.24. The summed E-state index contributed by atoms with van der Waals surface area (Å²) in [5.74, 6) is 10.7. The first kappa shape index (κ1) is 16.5. The summed E-state index contributed by atoms with van der Waals surface area (Å²) in [6.07, 6.45) is 0.997. The number of carbonyl (C=O) groups is 2. The van der Waals surface area contributed by atoms with Crippen LogP contribution in [0, 0.1) is 0 Å². The van der Waals surface area contributed by atoms with Gasteiger partial charge in [0.15, 0.2) is 0 Å². The van der Waals surface area contributed by atoms with E-state index in [1.807, 2.05) is 23.5 Å². The standard InChI is InChI=1S/C12H16N6O2S/c1-2-10(19)16-11(20)15-8-21-12(17-13)18(14)9-6-4-3-5-7-9/h2-7H,1,8,13-14H2,(H2,15,16,19,20)/b17-12+. The number of nitrogens with two attached hydrogens (primary N) is 2. The zero-order valence-corrected chi connectivity index (χ0v) is 12.0. The molecule has 8 nitrogen and oxygen atoms in total. The van der Waals surface area contributed by atoms with Crippen LogP contribution >= 0.6 is 11.8 Å². The maximum atomic E-state index is 11.3. The van der Waals surface area contributed by atoms with Crippen LogP contribution in [0.15, 0.2) is 48.1 Å². The summed E-state index contributed by atoms with van der Waals surface area (Å²) < 4.78 is 0.